The summed E-state index contributed by atoms with van der Waals surface area (Å²) >= 11 is 0. The van der Waals surface area contributed by atoms with Crippen molar-refractivity contribution >= 4 is 11.0 Å². The Morgan fingerprint density at radius 1 is 0.944 bits per heavy atom. The van der Waals surface area contributed by atoms with Crippen LogP contribution < -0.4 is 4.74 Å². The Morgan fingerprint density at radius 3 is 2.11 bits per heavy atom. The highest BCUT2D eigenvalue weighted by Crippen LogP contribution is 2.13. The summed E-state index contributed by atoms with van der Waals surface area (Å²) in [5.74, 6) is 0.859. The molecular formula is C14H13N3O. The third-order valence-electron chi connectivity index (χ3n) is 2.81. The van der Waals surface area contributed by atoms with Crippen molar-refractivity contribution in [2.24, 2.45) is 0 Å². The van der Waals surface area contributed by atoms with Gasteiger partial charge in [0, 0.05) is 0 Å². The van der Waals surface area contributed by atoms with E-state index < -0.39 is 0 Å². The molecule has 0 radical (unpaired) electrons. The van der Waals surface area contributed by atoms with Gasteiger partial charge in [0.25, 0.3) is 0 Å². The van der Waals surface area contributed by atoms with Crippen LogP contribution in [0.1, 0.15) is 5.56 Å². The van der Waals surface area contributed by atoms with Crippen molar-refractivity contribution in [3.8, 4) is 5.75 Å². The molecule has 0 amide bonds. The van der Waals surface area contributed by atoms with Crippen LogP contribution in [0.15, 0.2) is 48.5 Å². The second-order valence-corrected chi connectivity index (χ2v) is 4.07. The Morgan fingerprint density at radius 2 is 1.56 bits per heavy atom. The van der Waals surface area contributed by atoms with E-state index in [4.69, 9.17) is 4.74 Å². The van der Waals surface area contributed by atoms with E-state index >= 15 is 0 Å². The molecule has 0 fully saturated rings. The van der Waals surface area contributed by atoms with E-state index in [9.17, 15) is 0 Å². The highest BCUT2D eigenvalue weighted by Gasteiger charge is 2.02. The average Bonchev–Trinajstić information content (AvgIpc) is 2.82. The van der Waals surface area contributed by atoms with Crippen molar-refractivity contribution in [3.05, 3.63) is 54.1 Å². The molecule has 2 aromatic carbocycles. The summed E-state index contributed by atoms with van der Waals surface area (Å²) < 4.78 is 5.13. The molecular weight excluding hydrogens is 226 g/mol. The summed E-state index contributed by atoms with van der Waals surface area (Å²) in [6.07, 6.45) is 0. The van der Waals surface area contributed by atoms with Gasteiger partial charge >= 0.3 is 0 Å². The molecule has 0 spiro atoms. The third-order valence-corrected chi connectivity index (χ3v) is 2.81. The summed E-state index contributed by atoms with van der Waals surface area (Å²) in [6.45, 7) is 0.665. The molecule has 0 saturated carbocycles. The fourth-order valence-corrected chi connectivity index (χ4v) is 1.87. The van der Waals surface area contributed by atoms with E-state index in [1.54, 1.807) is 11.9 Å². The van der Waals surface area contributed by atoms with E-state index in [1.165, 1.54) is 0 Å². The van der Waals surface area contributed by atoms with Gasteiger partial charge in [-0.3, -0.25) is 0 Å². The third kappa shape index (κ3) is 2.05. The standard InChI is InChI=1S/C14H13N3O/c1-18-12-8-6-11(7-9-12)10-17-15-13-4-2-3-5-14(13)16-17/h2-9H,10H2,1H3. The maximum atomic E-state index is 5.13. The van der Waals surface area contributed by atoms with Gasteiger partial charge in [-0.25, -0.2) is 0 Å². The fourth-order valence-electron chi connectivity index (χ4n) is 1.87. The zero-order valence-corrected chi connectivity index (χ0v) is 10.1. The van der Waals surface area contributed by atoms with Crippen LogP contribution in [0.2, 0.25) is 0 Å². The summed E-state index contributed by atoms with van der Waals surface area (Å²) in [5, 5.41) is 8.85. The summed E-state index contributed by atoms with van der Waals surface area (Å²) in [5.41, 5.74) is 2.99. The largest absolute Gasteiger partial charge is 0.497 e. The molecule has 0 unspecified atom stereocenters. The van der Waals surface area contributed by atoms with E-state index in [1.807, 2.05) is 48.5 Å². The first-order valence-corrected chi connectivity index (χ1v) is 5.78. The minimum atomic E-state index is 0.665. The molecule has 0 bridgehead atoms. The minimum Gasteiger partial charge on any atom is -0.497 e. The van der Waals surface area contributed by atoms with Crippen LogP contribution in [0.25, 0.3) is 11.0 Å². The number of fused-ring (bicyclic) bond motifs is 1. The lowest BCUT2D eigenvalue weighted by molar-refractivity contribution is 0.414. The fraction of sp³-hybridized carbons (Fsp3) is 0.143. The SMILES string of the molecule is COc1ccc(Cn2nc3ccccc3n2)cc1. The Hall–Kier alpha value is -2.36. The van der Waals surface area contributed by atoms with Crippen LogP contribution in [0.4, 0.5) is 0 Å². The average molecular weight is 239 g/mol. The molecule has 0 aliphatic carbocycles. The van der Waals surface area contributed by atoms with Gasteiger partial charge in [-0.05, 0) is 29.8 Å². The van der Waals surface area contributed by atoms with Gasteiger partial charge in [-0.1, -0.05) is 24.3 Å². The monoisotopic (exact) mass is 239 g/mol. The van der Waals surface area contributed by atoms with Crippen molar-refractivity contribution in [1.82, 2.24) is 15.0 Å². The number of ether oxygens (including phenoxy) is 1. The maximum absolute atomic E-state index is 5.13. The first kappa shape index (κ1) is 10.8. The molecule has 1 heterocycles. The Bertz CT molecular complexity index is 625. The van der Waals surface area contributed by atoms with Crippen LogP contribution in [0.3, 0.4) is 0 Å². The second-order valence-electron chi connectivity index (χ2n) is 4.07. The number of methoxy groups -OCH3 is 1. The van der Waals surface area contributed by atoms with Gasteiger partial charge < -0.3 is 4.74 Å². The first-order valence-electron chi connectivity index (χ1n) is 5.78. The van der Waals surface area contributed by atoms with Gasteiger partial charge in [0.1, 0.15) is 16.8 Å². The highest BCUT2D eigenvalue weighted by atomic mass is 16.5. The number of rotatable bonds is 3. The zero-order valence-electron chi connectivity index (χ0n) is 10.1. The molecule has 0 atom stereocenters. The number of hydrogen-bond acceptors (Lipinski definition) is 3. The van der Waals surface area contributed by atoms with Crippen molar-refractivity contribution < 1.29 is 4.74 Å². The summed E-state index contributed by atoms with van der Waals surface area (Å²) in [7, 11) is 1.66. The Labute approximate surface area is 105 Å². The van der Waals surface area contributed by atoms with Gasteiger partial charge in [0.05, 0.1) is 13.7 Å². The van der Waals surface area contributed by atoms with Crippen LogP contribution in [-0.4, -0.2) is 22.1 Å². The van der Waals surface area contributed by atoms with Crippen molar-refractivity contribution in [3.63, 3.8) is 0 Å². The molecule has 4 heteroatoms. The molecule has 0 saturated heterocycles. The van der Waals surface area contributed by atoms with Crippen molar-refractivity contribution in [1.29, 1.82) is 0 Å². The smallest absolute Gasteiger partial charge is 0.118 e. The molecule has 3 aromatic rings. The first-order chi connectivity index (χ1) is 8.85. The van der Waals surface area contributed by atoms with Crippen LogP contribution >= 0.6 is 0 Å². The van der Waals surface area contributed by atoms with E-state index in [-0.39, 0.29) is 0 Å². The number of nitrogens with zero attached hydrogens (tertiary/aromatic N) is 3. The second kappa shape index (κ2) is 4.49. The number of hydrogen-bond donors (Lipinski definition) is 0. The van der Waals surface area contributed by atoms with Crippen LogP contribution in [0.5, 0.6) is 5.75 Å². The Balaban J connectivity index is 1.86. The van der Waals surface area contributed by atoms with Crippen LogP contribution in [-0.2, 0) is 6.54 Å². The minimum absolute atomic E-state index is 0.665. The lowest BCUT2D eigenvalue weighted by Gasteiger charge is -2.02. The lowest BCUT2D eigenvalue weighted by Crippen LogP contribution is -2.03. The molecule has 1 aromatic heterocycles. The van der Waals surface area contributed by atoms with E-state index in [0.717, 1.165) is 22.3 Å². The zero-order chi connectivity index (χ0) is 12.4. The topological polar surface area (TPSA) is 39.9 Å². The van der Waals surface area contributed by atoms with Crippen molar-refractivity contribution in [2.45, 2.75) is 6.54 Å². The lowest BCUT2D eigenvalue weighted by atomic mass is 10.2. The quantitative estimate of drug-likeness (QED) is 0.705. The maximum Gasteiger partial charge on any atom is 0.118 e. The molecule has 0 aliphatic rings. The highest BCUT2D eigenvalue weighted by molar-refractivity contribution is 5.72. The van der Waals surface area contributed by atoms with Gasteiger partial charge in [0.2, 0.25) is 0 Å². The van der Waals surface area contributed by atoms with Gasteiger partial charge in [0.15, 0.2) is 0 Å². The Kier molecular flexibility index (Phi) is 2.68. The molecule has 18 heavy (non-hydrogen) atoms. The normalized spacial score (nSPS) is 10.7. The van der Waals surface area contributed by atoms with Crippen molar-refractivity contribution in [2.75, 3.05) is 7.11 Å². The van der Waals surface area contributed by atoms with E-state index in [2.05, 4.69) is 10.2 Å². The molecule has 0 aliphatic heterocycles. The molecule has 0 N–H and O–H groups in total. The van der Waals surface area contributed by atoms with Gasteiger partial charge in [-0.2, -0.15) is 15.0 Å². The predicted molar refractivity (Wildman–Crippen MR) is 69.6 cm³/mol. The van der Waals surface area contributed by atoms with Crippen LogP contribution in [0, 0.1) is 0 Å². The summed E-state index contributed by atoms with van der Waals surface area (Å²) in [4.78, 5) is 1.71. The molecule has 3 rings (SSSR count). The predicted octanol–water partition coefficient (Wildman–Crippen LogP) is 2.49. The summed E-state index contributed by atoms with van der Waals surface area (Å²) in [6, 6.07) is 15.8. The number of aromatic nitrogens is 3. The molecule has 4 nitrogen and oxygen atoms in total. The van der Waals surface area contributed by atoms with Gasteiger partial charge in [-0.15, -0.1) is 0 Å². The van der Waals surface area contributed by atoms with E-state index in [0.29, 0.717) is 6.54 Å². The number of benzene rings is 2. The molecule has 90 valence electrons.